The standard InChI is InChI=1S/C77H52N10/c1-83-74(53-31-12-5-13-32-53)81-72(52-29-10-4-11-30-52)82-75(83)55-34-23-36-57(48-55)85-65-44-19-15-40-61(65)69-63-42-17-21-46-67(63)87(77(69)85)59-38-24-37-58(49-59)86-66-45-20-16-41-62(66)68-60-39-14-18-43-64(60)84(76(68)86)56-35-22-33-54(47-56)73-79-70(50-25-6-2-7-26-50)78-71(80-73)51-27-8-3-9-28-51/h2-49,74H,1H3. The van der Waals surface area contributed by atoms with Crippen LogP contribution in [0.4, 0.5) is 0 Å². The average molecular weight is 1120 g/mol. The molecule has 0 radical (unpaired) electrons. The summed E-state index contributed by atoms with van der Waals surface area (Å²) in [5.74, 6) is 3.38. The molecule has 87 heavy (non-hydrogen) atoms. The van der Waals surface area contributed by atoms with Crippen LogP contribution in [0.2, 0.25) is 0 Å². The van der Waals surface area contributed by atoms with Gasteiger partial charge in [-0.05, 0) is 72.3 Å². The SMILES string of the molecule is CN1C(c2cccc(-n3c4ccccc4c4c5ccccc5n(-c5cccc(-n6c7ccccc7c7c8ccccc8n(-c8cccc(-c9nc(-c%10ccccc%10)nc(-c%10ccccc%10)n9)c8)c76)c5)c43)c2)=NC(c2ccccc2)=NC1c1ccccc1. The summed E-state index contributed by atoms with van der Waals surface area (Å²) in [4.78, 5) is 28.2. The highest BCUT2D eigenvalue weighted by Gasteiger charge is 2.29. The van der Waals surface area contributed by atoms with Crippen molar-refractivity contribution in [3.8, 4) is 56.9 Å². The highest BCUT2D eigenvalue weighted by Crippen LogP contribution is 2.44. The molecule has 1 aliphatic rings. The summed E-state index contributed by atoms with van der Waals surface area (Å²) in [6.45, 7) is 0. The van der Waals surface area contributed by atoms with Crippen LogP contribution < -0.4 is 0 Å². The summed E-state index contributed by atoms with van der Waals surface area (Å²) in [5.41, 5.74) is 16.4. The van der Waals surface area contributed by atoms with Gasteiger partial charge in [-0.15, -0.1) is 0 Å². The third kappa shape index (κ3) is 8.14. The Labute approximate surface area is 500 Å². The molecule has 0 saturated heterocycles. The number of rotatable bonds is 10. The van der Waals surface area contributed by atoms with E-state index in [9.17, 15) is 0 Å². The maximum Gasteiger partial charge on any atom is 0.164 e. The minimum atomic E-state index is -0.277. The summed E-state index contributed by atoms with van der Waals surface area (Å²) in [5, 5.41) is 7.04. The second-order valence-electron chi connectivity index (χ2n) is 22.1. The Morgan fingerprint density at radius 2 is 0.632 bits per heavy atom. The van der Waals surface area contributed by atoms with E-state index in [0.717, 1.165) is 101 Å². The van der Waals surface area contributed by atoms with E-state index in [0.29, 0.717) is 23.3 Å². The quantitative estimate of drug-likeness (QED) is 0.137. The van der Waals surface area contributed by atoms with E-state index in [2.05, 4.69) is 243 Å². The molecular formula is C77H52N10. The molecule has 0 aliphatic carbocycles. The van der Waals surface area contributed by atoms with Crippen molar-refractivity contribution in [3.63, 3.8) is 0 Å². The van der Waals surface area contributed by atoms with Crippen molar-refractivity contribution in [2.45, 2.75) is 6.17 Å². The molecule has 0 amide bonds. The number of benzene rings is 11. The van der Waals surface area contributed by atoms with Crippen molar-refractivity contribution in [2.24, 2.45) is 9.98 Å². The molecular weight excluding hydrogens is 1060 g/mol. The Kier molecular flexibility index (Phi) is 11.6. The molecule has 1 atom stereocenters. The first-order chi connectivity index (χ1) is 43.1. The van der Waals surface area contributed by atoms with Crippen LogP contribution >= 0.6 is 0 Å². The topological polar surface area (TPSA) is 86.4 Å². The van der Waals surface area contributed by atoms with Crippen LogP contribution in [0.25, 0.3) is 123 Å². The first-order valence-electron chi connectivity index (χ1n) is 29.3. The molecule has 11 aromatic carbocycles. The van der Waals surface area contributed by atoms with E-state index in [4.69, 9.17) is 24.9 Å². The van der Waals surface area contributed by atoms with Crippen molar-refractivity contribution < 1.29 is 0 Å². The normalized spacial score (nSPS) is 13.6. The molecule has 5 aromatic heterocycles. The van der Waals surface area contributed by atoms with E-state index in [1.807, 2.05) is 78.9 Å². The lowest BCUT2D eigenvalue weighted by Gasteiger charge is -2.32. The first kappa shape index (κ1) is 49.8. The molecule has 6 heterocycles. The summed E-state index contributed by atoms with van der Waals surface area (Å²) in [6.07, 6.45) is -0.277. The number of aromatic nitrogens is 7. The van der Waals surface area contributed by atoms with E-state index < -0.39 is 0 Å². The Hall–Kier alpha value is -11.8. The molecule has 0 saturated carbocycles. The number of hydrogen-bond acceptors (Lipinski definition) is 6. The third-order valence-electron chi connectivity index (χ3n) is 17.0. The maximum absolute atomic E-state index is 5.35. The summed E-state index contributed by atoms with van der Waals surface area (Å²) in [7, 11) is 2.10. The smallest absolute Gasteiger partial charge is 0.164 e. The van der Waals surface area contributed by atoms with Crippen LogP contribution in [-0.4, -0.2) is 56.8 Å². The van der Waals surface area contributed by atoms with Crippen molar-refractivity contribution in [2.75, 3.05) is 7.05 Å². The molecule has 10 heteroatoms. The summed E-state index contributed by atoms with van der Waals surface area (Å²) < 4.78 is 9.76. The van der Waals surface area contributed by atoms with E-state index >= 15 is 0 Å². The lowest BCUT2D eigenvalue weighted by Crippen LogP contribution is -2.35. The molecule has 0 fully saturated rings. The van der Waals surface area contributed by atoms with Gasteiger partial charge < -0.3 is 4.90 Å². The number of nitrogens with zero attached hydrogens (tertiary/aromatic N) is 10. The van der Waals surface area contributed by atoms with Gasteiger partial charge >= 0.3 is 0 Å². The van der Waals surface area contributed by atoms with Crippen molar-refractivity contribution in [1.82, 2.24) is 38.1 Å². The molecule has 1 unspecified atom stereocenters. The van der Waals surface area contributed by atoms with Gasteiger partial charge in [-0.1, -0.05) is 224 Å². The molecule has 17 rings (SSSR count). The van der Waals surface area contributed by atoms with Crippen LogP contribution in [0.1, 0.15) is 22.9 Å². The maximum atomic E-state index is 5.35. The minimum Gasteiger partial charge on any atom is -0.333 e. The van der Waals surface area contributed by atoms with E-state index in [1.165, 1.54) is 26.9 Å². The highest BCUT2D eigenvalue weighted by molar-refractivity contribution is 6.24. The van der Waals surface area contributed by atoms with Crippen molar-refractivity contribution in [1.29, 1.82) is 0 Å². The number of para-hydroxylation sites is 4. The minimum absolute atomic E-state index is 0.277. The van der Waals surface area contributed by atoms with Crippen LogP contribution in [0, 0.1) is 0 Å². The Morgan fingerprint density at radius 3 is 1.08 bits per heavy atom. The molecule has 10 nitrogen and oxygen atoms in total. The zero-order valence-corrected chi connectivity index (χ0v) is 47.3. The Bertz CT molecular complexity index is 5360. The van der Waals surface area contributed by atoms with Gasteiger partial charge in [0.2, 0.25) is 0 Å². The van der Waals surface area contributed by atoms with Crippen molar-refractivity contribution >= 4 is 77.3 Å². The van der Waals surface area contributed by atoms with Crippen LogP contribution in [0.15, 0.2) is 301 Å². The lowest BCUT2D eigenvalue weighted by atomic mass is 10.1. The van der Waals surface area contributed by atoms with E-state index in [1.54, 1.807) is 0 Å². The second kappa shape index (κ2) is 20.3. The summed E-state index contributed by atoms with van der Waals surface area (Å²) >= 11 is 0. The predicted octanol–water partition coefficient (Wildman–Crippen LogP) is 17.8. The van der Waals surface area contributed by atoms with E-state index in [-0.39, 0.29) is 6.17 Å². The molecule has 0 N–H and O–H groups in total. The Morgan fingerprint density at radius 1 is 0.299 bits per heavy atom. The number of aliphatic imine (C=N–C) groups is 2. The zero-order valence-electron chi connectivity index (χ0n) is 47.3. The van der Waals surface area contributed by atoms with Gasteiger partial charge in [0.25, 0.3) is 0 Å². The largest absolute Gasteiger partial charge is 0.333 e. The van der Waals surface area contributed by atoms with Crippen molar-refractivity contribution in [3.05, 3.63) is 308 Å². The molecule has 410 valence electrons. The fourth-order valence-corrected chi connectivity index (χ4v) is 13.2. The predicted molar refractivity (Wildman–Crippen MR) is 355 cm³/mol. The monoisotopic (exact) mass is 1120 g/mol. The Balaban J connectivity index is 0.859. The van der Waals surface area contributed by atoms with Gasteiger partial charge in [0, 0.05) is 89.9 Å². The fraction of sp³-hybridized carbons (Fsp3) is 0.0260. The summed E-state index contributed by atoms with van der Waals surface area (Å²) in [6, 6.07) is 103. The number of amidine groups is 2. The second-order valence-corrected chi connectivity index (χ2v) is 22.1. The van der Waals surface area contributed by atoms with Gasteiger partial charge in [-0.3, -0.25) is 18.3 Å². The van der Waals surface area contributed by atoms with Gasteiger partial charge in [0.05, 0.1) is 22.1 Å². The zero-order chi connectivity index (χ0) is 57.5. The van der Waals surface area contributed by atoms with Crippen LogP contribution in [-0.2, 0) is 0 Å². The van der Waals surface area contributed by atoms with Gasteiger partial charge in [0.15, 0.2) is 23.3 Å². The van der Waals surface area contributed by atoms with Gasteiger partial charge in [-0.25, -0.2) is 24.9 Å². The third-order valence-corrected chi connectivity index (χ3v) is 17.0. The highest BCUT2D eigenvalue weighted by atomic mass is 15.3. The average Bonchev–Trinajstić information content (AvgIpc) is 1.64. The molecule has 1 aliphatic heterocycles. The van der Waals surface area contributed by atoms with Crippen LogP contribution in [0.5, 0.6) is 0 Å². The number of fused-ring (bicyclic) bond motifs is 10. The molecule has 16 aromatic rings. The van der Waals surface area contributed by atoms with Crippen LogP contribution in [0.3, 0.4) is 0 Å². The number of hydrogen-bond donors (Lipinski definition) is 0. The first-order valence-corrected chi connectivity index (χ1v) is 29.3. The molecule has 0 spiro atoms. The molecule has 0 bridgehead atoms. The lowest BCUT2D eigenvalue weighted by molar-refractivity contribution is 0.383. The van der Waals surface area contributed by atoms with Gasteiger partial charge in [-0.2, -0.15) is 0 Å². The fourth-order valence-electron chi connectivity index (χ4n) is 13.2. The van der Waals surface area contributed by atoms with Gasteiger partial charge in [0.1, 0.15) is 23.3 Å².